The second-order valence-corrected chi connectivity index (χ2v) is 6.47. The maximum absolute atomic E-state index is 12.6. The average Bonchev–Trinajstić information content (AvgIpc) is 3.23. The summed E-state index contributed by atoms with van der Waals surface area (Å²) in [7, 11) is 1.56. The predicted octanol–water partition coefficient (Wildman–Crippen LogP) is 1.44. The van der Waals surface area contributed by atoms with E-state index in [2.05, 4.69) is 16.0 Å². The zero-order chi connectivity index (χ0) is 21.3. The highest BCUT2D eigenvalue weighted by molar-refractivity contribution is 6.40. The molecule has 1 aliphatic heterocycles. The van der Waals surface area contributed by atoms with Crippen molar-refractivity contribution in [3.63, 3.8) is 0 Å². The summed E-state index contributed by atoms with van der Waals surface area (Å²) in [4.78, 5) is 36.7. The van der Waals surface area contributed by atoms with Crippen molar-refractivity contribution in [2.24, 2.45) is 0 Å². The summed E-state index contributed by atoms with van der Waals surface area (Å²) in [6.07, 6.45) is 0.592. The van der Waals surface area contributed by atoms with Gasteiger partial charge in [0.25, 0.3) is 5.91 Å². The normalized spacial score (nSPS) is 11.6. The van der Waals surface area contributed by atoms with Crippen LogP contribution in [-0.2, 0) is 20.9 Å². The fourth-order valence-corrected chi connectivity index (χ4v) is 2.80. The van der Waals surface area contributed by atoms with Gasteiger partial charge in [0, 0.05) is 26.8 Å². The molecule has 0 saturated carbocycles. The fourth-order valence-electron chi connectivity index (χ4n) is 2.80. The summed E-state index contributed by atoms with van der Waals surface area (Å²) in [5.74, 6) is -0.710. The van der Waals surface area contributed by atoms with Crippen LogP contribution in [0, 0.1) is 0 Å². The standard InChI is InChI=1S/C21H23N3O6/c1-28-10-4-9-22-20(26)21(27)24-16-6-3-2-5-15(16)19(25)23-12-14-7-8-17-18(11-14)30-13-29-17/h2-3,5-8,11H,4,9-10,12-13H2,1H3,(H,22,26)(H,23,25)(H,24,27). The molecule has 2 aromatic carbocycles. The van der Waals surface area contributed by atoms with Crippen molar-refractivity contribution in [1.82, 2.24) is 10.6 Å². The van der Waals surface area contributed by atoms with Crippen LogP contribution in [0.5, 0.6) is 11.5 Å². The molecule has 3 N–H and O–H groups in total. The van der Waals surface area contributed by atoms with Crippen LogP contribution in [0.3, 0.4) is 0 Å². The molecule has 30 heavy (non-hydrogen) atoms. The molecule has 3 amide bonds. The first-order valence-electron chi connectivity index (χ1n) is 9.42. The number of fused-ring (bicyclic) bond motifs is 1. The summed E-state index contributed by atoms with van der Waals surface area (Å²) in [5.41, 5.74) is 1.33. The Morgan fingerprint density at radius 2 is 1.80 bits per heavy atom. The number of carbonyl (C=O) groups excluding carboxylic acids is 3. The van der Waals surface area contributed by atoms with Crippen molar-refractivity contribution in [3.8, 4) is 11.5 Å². The minimum atomic E-state index is -0.844. The third-order valence-corrected chi connectivity index (χ3v) is 4.33. The van der Waals surface area contributed by atoms with Crippen molar-refractivity contribution in [1.29, 1.82) is 0 Å². The van der Waals surface area contributed by atoms with Gasteiger partial charge >= 0.3 is 11.8 Å². The van der Waals surface area contributed by atoms with E-state index in [4.69, 9.17) is 14.2 Å². The van der Waals surface area contributed by atoms with E-state index in [0.717, 1.165) is 5.56 Å². The first kappa shape index (κ1) is 21.1. The smallest absolute Gasteiger partial charge is 0.313 e. The van der Waals surface area contributed by atoms with E-state index in [0.29, 0.717) is 31.1 Å². The molecule has 158 valence electrons. The molecule has 9 heteroatoms. The van der Waals surface area contributed by atoms with Crippen LogP contribution in [0.25, 0.3) is 0 Å². The van der Waals surface area contributed by atoms with Gasteiger partial charge in [0.15, 0.2) is 11.5 Å². The number of benzene rings is 2. The minimum Gasteiger partial charge on any atom is -0.454 e. The van der Waals surface area contributed by atoms with E-state index in [-0.39, 0.29) is 30.5 Å². The summed E-state index contributed by atoms with van der Waals surface area (Å²) in [5, 5.41) is 7.78. The Morgan fingerprint density at radius 3 is 2.63 bits per heavy atom. The van der Waals surface area contributed by atoms with Crippen molar-refractivity contribution in [3.05, 3.63) is 53.6 Å². The quantitative estimate of drug-likeness (QED) is 0.446. The van der Waals surface area contributed by atoms with E-state index in [1.807, 2.05) is 6.07 Å². The van der Waals surface area contributed by atoms with Gasteiger partial charge < -0.3 is 30.2 Å². The van der Waals surface area contributed by atoms with E-state index < -0.39 is 11.8 Å². The van der Waals surface area contributed by atoms with E-state index >= 15 is 0 Å². The highest BCUT2D eigenvalue weighted by Crippen LogP contribution is 2.32. The van der Waals surface area contributed by atoms with Crippen LogP contribution in [0.15, 0.2) is 42.5 Å². The molecule has 0 radical (unpaired) electrons. The van der Waals surface area contributed by atoms with Crippen molar-refractivity contribution >= 4 is 23.4 Å². The number of rotatable bonds is 8. The highest BCUT2D eigenvalue weighted by atomic mass is 16.7. The Hall–Kier alpha value is -3.59. The monoisotopic (exact) mass is 413 g/mol. The lowest BCUT2D eigenvalue weighted by atomic mass is 10.1. The van der Waals surface area contributed by atoms with Crippen LogP contribution < -0.4 is 25.4 Å². The molecule has 1 heterocycles. The molecular formula is C21H23N3O6. The molecule has 0 atom stereocenters. The van der Waals surface area contributed by atoms with E-state index in [1.54, 1.807) is 43.5 Å². The molecule has 0 unspecified atom stereocenters. The number of hydrogen-bond donors (Lipinski definition) is 3. The zero-order valence-electron chi connectivity index (χ0n) is 16.5. The van der Waals surface area contributed by atoms with Gasteiger partial charge in [-0.15, -0.1) is 0 Å². The summed E-state index contributed by atoms with van der Waals surface area (Å²) in [6.45, 7) is 1.24. The molecule has 3 rings (SSSR count). The number of anilines is 1. The van der Waals surface area contributed by atoms with Gasteiger partial charge in [-0.05, 0) is 36.2 Å². The summed E-state index contributed by atoms with van der Waals surface area (Å²) < 4.78 is 15.5. The molecular weight excluding hydrogens is 390 g/mol. The average molecular weight is 413 g/mol. The van der Waals surface area contributed by atoms with Crippen LogP contribution in [0.1, 0.15) is 22.3 Å². The van der Waals surface area contributed by atoms with Crippen molar-refractivity contribution < 1.29 is 28.6 Å². The Balaban J connectivity index is 1.58. The van der Waals surface area contributed by atoms with Gasteiger partial charge in [-0.3, -0.25) is 14.4 Å². The summed E-state index contributed by atoms with van der Waals surface area (Å²) >= 11 is 0. The first-order valence-corrected chi connectivity index (χ1v) is 9.42. The SMILES string of the molecule is COCCCNC(=O)C(=O)Nc1ccccc1C(=O)NCc1ccc2c(c1)OCO2. The molecule has 0 bridgehead atoms. The summed E-state index contributed by atoms with van der Waals surface area (Å²) in [6, 6.07) is 11.9. The lowest BCUT2D eigenvalue weighted by molar-refractivity contribution is -0.136. The number of hydrogen-bond acceptors (Lipinski definition) is 6. The van der Waals surface area contributed by atoms with Gasteiger partial charge in [0.05, 0.1) is 11.3 Å². The Bertz CT molecular complexity index is 931. The lowest BCUT2D eigenvalue weighted by Crippen LogP contribution is -2.36. The molecule has 1 aliphatic rings. The van der Waals surface area contributed by atoms with Crippen LogP contribution >= 0.6 is 0 Å². The molecule has 9 nitrogen and oxygen atoms in total. The lowest BCUT2D eigenvalue weighted by Gasteiger charge is -2.12. The van der Waals surface area contributed by atoms with E-state index in [1.165, 1.54) is 0 Å². The second-order valence-electron chi connectivity index (χ2n) is 6.47. The second kappa shape index (κ2) is 10.3. The van der Waals surface area contributed by atoms with Crippen LogP contribution in [0.4, 0.5) is 5.69 Å². The molecule has 0 spiro atoms. The number of carbonyl (C=O) groups is 3. The van der Waals surface area contributed by atoms with Gasteiger partial charge in [-0.1, -0.05) is 18.2 Å². The first-order chi connectivity index (χ1) is 14.6. The molecule has 0 fully saturated rings. The highest BCUT2D eigenvalue weighted by Gasteiger charge is 2.18. The predicted molar refractivity (Wildman–Crippen MR) is 108 cm³/mol. The van der Waals surface area contributed by atoms with Crippen molar-refractivity contribution in [2.45, 2.75) is 13.0 Å². The van der Waals surface area contributed by atoms with Crippen LogP contribution in [0.2, 0.25) is 0 Å². The largest absolute Gasteiger partial charge is 0.454 e. The number of ether oxygens (including phenoxy) is 3. The van der Waals surface area contributed by atoms with Gasteiger partial charge in [-0.2, -0.15) is 0 Å². The topological polar surface area (TPSA) is 115 Å². The third kappa shape index (κ3) is 5.48. The number of nitrogens with one attached hydrogen (secondary N) is 3. The molecule has 0 aromatic heterocycles. The van der Waals surface area contributed by atoms with Gasteiger partial charge in [0.1, 0.15) is 0 Å². The Kier molecular flexibility index (Phi) is 7.23. The number of amides is 3. The maximum Gasteiger partial charge on any atom is 0.313 e. The molecule has 2 aromatic rings. The van der Waals surface area contributed by atoms with E-state index in [9.17, 15) is 14.4 Å². The number of para-hydroxylation sites is 1. The Morgan fingerprint density at radius 1 is 1.00 bits per heavy atom. The maximum atomic E-state index is 12.6. The molecule has 0 saturated heterocycles. The molecule has 0 aliphatic carbocycles. The fraction of sp³-hybridized carbons (Fsp3) is 0.286. The Labute approximate surface area is 173 Å². The zero-order valence-corrected chi connectivity index (χ0v) is 16.5. The van der Waals surface area contributed by atoms with Gasteiger partial charge in [0.2, 0.25) is 6.79 Å². The minimum absolute atomic E-state index is 0.179. The van der Waals surface area contributed by atoms with Crippen molar-refractivity contribution in [2.75, 3.05) is 32.4 Å². The van der Waals surface area contributed by atoms with Crippen LogP contribution in [-0.4, -0.2) is 44.8 Å². The van der Waals surface area contributed by atoms with Gasteiger partial charge in [-0.25, -0.2) is 0 Å². The third-order valence-electron chi connectivity index (χ3n) is 4.33. The number of methoxy groups -OCH3 is 1.